The molecule has 0 saturated carbocycles. The van der Waals surface area contributed by atoms with Crippen molar-refractivity contribution >= 4 is 44.9 Å². The number of benzene rings is 2. The molecule has 2 aromatic carbocycles. The third-order valence-corrected chi connectivity index (χ3v) is 6.18. The monoisotopic (exact) mass is 437 g/mol. The number of aromatic nitrogens is 2. The number of methoxy groups -OCH3 is 1. The number of ether oxygens (including phenoxy) is 1. The molecule has 0 amide bonds. The van der Waals surface area contributed by atoms with Crippen molar-refractivity contribution in [3.63, 3.8) is 0 Å². The van der Waals surface area contributed by atoms with E-state index in [0.29, 0.717) is 28.6 Å². The zero-order chi connectivity index (χ0) is 21.1. The van der Waals surface area contributed by atoms with Gasteiger partial charge in [-0.25, -0.2) is 9.78 Å². The maximum Gasteiger partial charge on any atom is 0.348 e. The van der Waals surface area contributed by atoms with Crippen molar-refractivity contribution in [1.82, 2.24) is 9.97 Å². The van der Waals surface area contributed by atoms with Gasteiger partial charge in [0.25, 0.3) is 0 Å². The van der Waals surface area contributed by atoms with E-state index in [0.717, 1.165) is 22.1 Å². The predicted molar refractivity (Wildman–Crippen MR) is 121 cm³/mol. The summed E-state index contributed by atoms with van der Waals surface area (Å²) in [6.07, 6.45) is 0. The first-order chi connectivity index (χ1) is 14.6. The molecule has 0 radical (unpaired) electrons. The van der Waals surface area contributed by atoms with E-state index in [1.165, 1.54) is 18.4 Å². The molecule has 7 heteroatoms. The number of esters is 1. The summed E-state index contributed by atoms with van der Waals surface area (Å²) in [7, 11) is 1.38. The number of hydrogen-bond donors (Lipinski definition) is 0. The van der Waals surface area contributed by atoms with Gasteiger partial charge < -0.3 is 9.64 Å². The molecule has 0 N–H and O–H groups in total. The minimum atomic E-state index is -0.379. The molecule has 2 heterocycles. The lowest BCUT2D eigenvalue weighted by Gasteiger charge is -2.25. The van der Waals surface area contributed by atoms with Gasteiger partial charge in [-0.3, -0.25) is 0 Å². The summed E-state index contributed by atoms with van der Waals surface area (Å²) < 4.78 is 4.95. The van der Waals surface area contributed by atoms with Gasteiger partial charge in [-0.05, 0) is 35.2 Å². The van der Waals surface area contributed by atoms with E-state index in [9.17, 15) is 4.79 Å². The molecule has 0 aliphatic rings. The molecule has 0 unspecified atom stereocenters. The number of fused-ring (bicyclic) bond motifs is 1. The largest absolute Gasteiger partial charge is 0.465 e. The summed E-state index contributed by atoms with van der Waals surface area (Å²) in [5, 5.41) is 0.984. The summed E-state index contributed by atoms with van der Waals surface area (Å²) in [6.45, 7) is 3.18. The Morgan fingerprint density at radius 1 is 1.00 bits per heavy atom. The molecule has 0 spiro atoms. The number of thiophene rings is 1. The maximum absolute atomic E-state index is 12.2. The number of rotatable bonds is 6. The van der Waals surface area contributed by atoms with Crippen LogP contribution in [0.25, 0.3) is 10.2 Å². The zero-order valence-electron chi connectivity index (χ0n) is 16.6. The van der Waals surface area contributed by atoms with Crippen LogP contribution in [0.5, 0.6) is 0 Å². The number of halogens is 1. The smallest absolute Gasteiger partial charge is 0.348 e. The first-order valence-corrected chi connectivity index (χ1v) is 10.6. The Hall–Kier alpha value is -2.96. The van der Waals surface area contributed by atoms with Crippen LogP contribution in [-0.4, -0.2) is 23.0 Å². The second-order valence-electron chi connectivity index (χ2n) is 6.87. The summed E-state index contributed by atoms with van der Waals surface area (Å²) in [6, 6.07) is 20.4. The molecule has 0 aliphatic carbocycles. The summed E-state index contributed by atoms with van der Waals surface area (Å²) in [4.78, 5) is 24.6. The van der Waals surface area contributed by atoms with Crippen LogP contribution >= 0.6 is 22.9 Å². The van der Waals surface area contributed by atoms with Crippen LogP contribution in [-0.2, 0) is 17.8 Å². The van der Waals surface area contributed by atoms with Crippen LogP contribution in [0.3, 0.4) is 0 Å². The minimum Gasteiger partial charge on any atom is -0.465 e. The lowest BCUT2D eigenvalue weighted by atomic mass is 10.1. The number of hydrogen-bond acceptors (Lipinski definition) is 6. The second kappa shape index (κ2) is 8.81. The number of carbonyl (C=O) groups is 1. The van der Waals surface area contributed by atoms with Crippen molar-refractivity contribution in [2.24, 2.45) is 0 Å². The fraction of sp³-hybridized carbons (Fsp3) is 0.174. The molecular weight excluding hydrogens is 418 g/mol. The lowest BCUT2D eigenvalue weighted by Crippen LogP contribution is -2.23. The van der Waals surface area contributed by atoms with Gasteiger partial charge in [0.2, 0.25) is 5.28 Å². The summed E-state index contributed by atoms with van der Waals surface area (Å²) >= 11 is 7.57. The third-order valence-electron chi connectivity index (χ3n) is 4.85. The van der Waals surface area contributed by atoms with E-state index < -0.39 is 0 Å². The van der Waals surface area contributed by atoms with Gasteiger partial charge in [0.15, 0.2) is 0 Å². The van der Waals surface area contributed by atoms with Crippen LogP contribution in [0.1, 0.15) is 26.4 Å². The Labute approximate surface area is 183 Å². The fourth-order valence-electron chi connectivity index (χ4n) is 3.42. The van der Waals surface area contributed by atoms with Crippen molar-refractivity contribution in [3.8, 4) is 0 Å². The molecule has 0 saturated heterocycles. The van der Waals surface area contributed by atoms with Gasteiger partial charge in [-0.15, -0.1) is 11.3 Å². The van der Waals surface area contributed by atoms with Crippen molar-refractivity contribution in [3.05, 3.63) is 87.5 Å². The van der Waals surface area contributed by atoms with Crippen LogP contribution < -0.4 is 4.90 Å². The first-order valence-electron chi connectivity index (χ1n) is 9.44. The molecule has 30 heavy (non-hydrogen) atoms. The molecule has 0 bridgehead atoms. The van der Waals surface area contributed by atoms with E-state index in [2.05, 4.69) is 39.1 Å². The van der Waals surface area contributed by atoms with Gasteiger partial charge in [-0.1, -0.05) is 60.7 Å². The summed E-state index contributed by atoms with van der Waals surface area (Å²) in [5.74, 6) is 0.330. The van der Waals surface area contributed by atoms with Crippen molar-refractivity contribution < 1.29 is 9.53 Å². The van der Waals surface area contributed by atoms with Crippen molar-refractivity contribution in [1.29, 1.82) is 0 Å². The average molecular weight is 438 g/mol. The Balaban J connectivity index is 1.86. The molecule has 152 valence electrons. The molecule has 0 fully saturated rings. The highest BCUT2D eigenvalue weighted by Gasteiger charge is 2.24. The van der Waals surface area contributed by atoms with E-state index in [-0.39, 0.29) is 11.3 Å². The van der Waals surface area contributed by atoms with Gasteiger partial charge in [0.05, 0.1) is 12.5 Å². The van der Waals surface area contributed by atoms with Gasteiger partial charge in [0, 0.05) is 13.1 Å². The Morgan fingerprint density at radius 2 is 1.57 bits per heavy atom. The lowest BCUT2D eigenvalue weighted by molar-refractivity contribution is 0.0605. The molecule has 2 aromatic heterocycles. The number of anilines is 1. The van der Waals surface area contributed by atoms with E-state index in [1.807, 2.05) is 43.3 Å². The average Bonchev–Trinajstić information content (AvgIpc) is 3.09. The highest BCUT2D eigenvalue weighted by atomic mass is 35.5. The first kappa shape index (κ1) is 20.3. The number of aryl methyl sites for hydroxylation is 1. The topological polar surface area (TPSA) is 55.3 Å². The molecule has 0 atom stereocenters. The SMILES string of the molecule is COC(=O)c1sc2nc(Cl)nc(N(Cc3ccccc3)Cc3ccccc3)c2c1C. The van der Waals surface area contributed by atoms with Gasteiger partial charge in [0.1, 0.15) is 15.5 Å². The van der Waals surface area contributed by atoms with Crippen molar-refractivity contribution in [2.75, 3.05) is 12.0 Å². The number of carbonyl (C=O) groups excluding carboxylic acids is 1. The van der Waals surface area contributed by atoms with E-state index >= 15 is 0 Å². The Bertz CT molecular complexity index is 1140. The van der Waals surface area contributed by atoms with Gasteiger partial charge >= 0.3 is 5.97 Å². The second-order valence-corrected chi connectivity index (χ2v) is 8.21. The Morgan fingerprint density at radius 3 is 2.10 bits per heavy atom. The molecule has 4 aromatic rings. The highest BCUT2D eigenvalue weighted by Crippen LogP contribution is 2.37. The quantitative estimate of drug-likeness (QED) is 0.288. The van der Waals surface area contributed by atoms with Crippen LogP contribution in [0.15, 0.2) is 60.7 Å². The predicted octanol–water partition coefficient (Wildman–Crippen LogP) is 5.65. The maximum atomic E-state index is 12.2. The van der Waals surface area contributed by atoms with Crippen LogP contribution in [0.2, 0.25) is 5.28 Å². The highest BCUT2D eigenvalue weighted by molar-refractivity contribution is 7.20. The van der Waals surface area contributed by atoms with Crippen LogP contribution in [0, 0.1) is 6.92 Å². The number of nitrogens with zero attached hydrogens (tertiary/aromatic N) is 3. The Kier molecular flexibility index (Phi) is 5.97. The standard InChI is InChI=1S/C23H20ClN3O2S/c1-15-18-20(25-23(24)26-21(18)30-19(15)22(28)29-2)27(13-16-9-5-3-6-10-16)14-17-11-7-4-8-12-17/h3-12H,13-14H2,1-2H3. The molecule has 5 nitrogen and oxygen atoms in total. The van der Waals surface area contributed by atoms with Crippen LogP contribution in [0.4, 0.5) is 5.82 Å². The normalized spacial score (nSPS) is 10.9. The van der Waals surface area contributed by atoms with Gasteiger partial charge in [-0.2, -0.15) is 4.98 Å². The fourth-order valence-corrected chi connectivity index (χ4v) is 4.73. The molecule has 0 aliphatic heterocycles. The van der Waals surface area contributed by atoms with E-state index in [1.54, 1.807) is 0 Å². The third kappa shape index (κ3) is 4.15. The molecular formula is C23H20ClN3O2S. The van der Waals surface area contributed by atoms with E-state index in [4.69, 9.17) is 16.3 Å². The minimum absolute atomic E-state index is 0.154. The van der Waals surface area contributed by atoms with Crippen molar-refractivity contribution in [2.45, 2.75) is 20.0 Å². The zero-order valence-corrected chi connectivity index (χ0v) is 18.2. The summed E-state index contributed by atoms with van der Waals surface area (Å²) in [5.41, 5.74) is 3.11. The molecule has 4 rings (SSSR count).